The third-order valence-corrected chi connectivity index (χ3v) is 4.46. The van der Waals surface area contributed by atoms with Gasteiger partial charge in [-0.3, -0.25) is 14.9 Å². The van der Waals surface area contributed by atoms with E-state index in [9.17, 15) is 14.9 Å². The SMILES string of the molecule is CCCN(CCC)C(=O)c1ccc([N+](=O)[O-])cc1N1CC(C)OC(C)C1. The number of hydrogen-bond donors (Lipinski definition) is 0. The maximum absolute atomic E-state index is 13.1. The molecule has 1 aliphatic heterocycles. The van der Waals surface area contributed by atoms with Crippen LogP contribution in [0.25, 0.3) is 0 Å². The molecule has 0 N–H and O–H groups in total. The van der Waals surface area contributed by atoms with Gasteiger partial charge in [0.25, 0.3) is 11.6 Å². The number of nitro groups is 1. The second-order valence-electron chi connectivity index (χ2n) is 6.91. The molecule has 1 aromatic rings. The zero-order valence-electron chi connectivity index (χ0n) is 16.1. The van der Waals surface area contributed by atoms with E-state index in [-0.39, 0.29) is 23.8 Å². The lowest BCUT2D eigenvalue weighted by Gasteiger charge is -2.38. The van der Waals surface area contributed by atoms with Gasteiger partial charge in [0.05, 0.1) is 28.4 Å². The molecule has 1 aliphatic rings. The van der Waals surface area contributed by atoms with Crippen LogP contribution in [0.5, 0.6) is 0 Å². The Labute approximate surface area is 155 Å². The molecule has 0 radical (unpaired) electrons. The molecule has 1 fully saturated rings. The molecule has 2 atom stereocenters. The lowest BCUT2D eigenvalue weighted by Crippen LogP contribution is -2.46. The fraction of sp³-hybridized carbons (Fsp3) is 0.632. The van der Waals surface area contributed by atoms with Crippen molar-refractivity contribution in [2.75, 3.05) is 31.1 Å². The van der Waals surface area contributed by atoms with Crippen LogP contribution in [0.1, 0.15) is 50.9 Å². The van der Waals surface area contributed by atoms with Crippen molar-refractivity contribution in [1.82, 2.24) is 4.90 Å². The number of amides is 1. The largest absolute Gasteiger partial charge is 0.372 e. The lowest BCUT2D eigenvalue weighted by molar-refractivity contribution is -0.384. The number of carbonyl (C=O) groups excluding carboxylic acids is 1. The summed E-state index contributed by atoms with van der Waals surface area (Å²) in [6.45, 7) is 10.6. The maximum atomic E-state index is 13.1. The van der Waals surface area contributed by atoms with Crippen LogP contribution in [0.3, 0.4) is 0 Å². The van der Waals surface area contributed by atoms with Crippen LogP contribution in [0.15, 0.2) is 18.2 Å². The normalized spacial score (nSPS) is 20.1. The first-order valence-corrected chi connectivity index (χ1v) is 9.35. The molecule has 2 unspecified atom stereocenters. The van der Waals surface area contributed by atoms with E-state index in [4.69, 9.17) is 4.74 Å². The van der Waals surface area contributed by atoms with Gasteiger partial charge in [0.1, 0.15) is 0 Å². The van der Waals surface area contributed by atoms with Gasteiger partial charge in [-0.05, 0) is 32.8 Å². The standard InChI is InChI=1S/C19H29N3O4/c1-5-9-20(10-6-2)19(23)17-8-7-16(22(24)25)11-18(17)21-12-14(3)26-15(4)13-21/h7-8,11,14-15H,5-6,9-10,12-13H2,1-4H3. The van der Waals surface area contributed by atoms with Gasteiger partial charge in [-0.25, -0.2) is 0 Å². The highest BCUT2D eigenvalue weighted by molar-refractivity contribution is 6.00. The summed E-state index contributed by atoms with van der Waals surface area (Å²) in [6, 6.07) is 4.53. The molecule has 2 rings (SSSR count). The van der Waals surface area contributed by atoms with Crippen LogP contribution in [-0.2, 0) is 4.74 Å². The van der Waals surface area contributed by atoms with Gasteiger partial charge in [0.2, 0.25) is 0 Å². The van der Waals surface area contributed by atoms with Crippen molar-refractivity contribution in [2.24, 2.45) is 0 Å². The molecule has 1 amide bonds. The average Bonchev–Trinajstić information content (AvgIpc) is 2.59. The zero-order valence-corrected chi connectivity index (χ0v) is 16.1. The van der Waals surface area contributed by atoms with Crippen molar-refractivity contribution < 1.29 is 14.5 Å². The van der Waals surface area contributed by atoms with E-state index in [0.717, 1.165) is 12.8 Å². The van der Waals surface area contributed by atoms with Gasteiger partial charge in [0, 0.05) is 38.3 Å². The number of ether oxygens (including phenoxy) is 1. The van der Waals surface area contributed by atoms with Crippen LogP contribution in [0.2, 0.25) is 0 Å². The molecular weight excluding hydrogens is 334 g/mol. The van der Waals surface area contributed by atoms with Gasteiger partial charge < -0.3 is 14.5 Å². The summed E-state index contributed by atoms with van der Waals surface area (Å²) in [7, 11) is 0. The molecule has 0 aliphatic carbocycles. The van der Waals surface area contributed by atoms with Gasteiger partial charge in [-0.15, -0.1) is 0 Å². The average molecular weight is 363 g/mol. The van der Waals surface area contributed by atoms with Crippen molar-refractivity contribution in [1.29, 1.82) is 0 Å². The molecule has 0 spiro atoms. The molecule has 1 heterocycles. The van der Waals surface area contributed by atoms with Crippen molar-refractivity contribution in [3.05, 3.63) is 33.9 Å². The molecule has 0 saturated carbocycles. The van der Waals surface area contributed by atoms with E-state index in [1.165, 1.54) is 12.1 Å². The van der Waals surface area contributed by atoms with E-state index in [1.807, 2.05) is 37.5 Å². The fourth-order valence-corrected chi connectivity index (χ4v) is 3.48. The van der Waals surface area contributed by atoms with Crippen LogP contribution in [-0.4, -0.2) is 54.1 Å². The predicted molar refractivity (Wildman–Crippen MR) is 102 cm³/mol. The van der Waals surface area contributed by atoms with Gasteiger partial charge >= 0.3 is 0 Å². The molecule has 0 bridgehead atoms. The smallest absolute Gasteiger partial charge is 0.271 e. The van der Waals surface area contributed by atoms with E-state index >= 15 is 0 Å². The predicted octanol–water partition coefficient (Wildman–Crippen LogP) is 3.47. The molecule has 7 nitrogen and oxygen atoms in total. The van der Waals surface area contributed by atoms with E-state index in [0.29, 0.717) is 37.4 Å². The number of hydrogen-bond acceptors (Lipinski definition) is 5. The number of nitro benzene ring substituents is 1. The summed E-state index contributed by atoms with van der Waals surface area (Å²) in [5.74, 6) is -0.0644. The van der Waals surface area contributed by atoms with Crippen molar-refractivity contribution >= 4 is 17.3 Å². The van der Waals surface area contributed by atoms with E-state index < -0.39 is 4.92 Å². The Morgan fingerprint density at radius 2 is 1.81 bits per heavy atom. The van der Waals surface area contributed by atoms with E-state index in [2.05, 4.69) is 0 Å². The first-order chi connectivity index (χ1) is 12.4. The second kappa shape index (κ2) is 8.98. The molecule has 26 heavy (non-hydrogen) atoms. The Morgan fingerprint density at radius 1 is 1.23 bits per heavy atom. The minimum atomic E-state index is -0.416. The number of morpholine rings is 1. The number of rotatable bonds is 7. The number of benzene rings is 1. The molecule has 7 heteroatoms. The van der Waals surface area contributed by atoms with Crippen LogP contribution >= 0.6 is 0 Å². The minimum absolute atomic E-state index is 0.000816. The third kappa shape index (κ3) is 4.72. The first-order valence-electron chi connectivity index (χ1n) is 9.35. The Bertz CT molecular complexity index is 634. The summed E-state index contributed by atoms with van der Waals surface area (Å²) in [6.07, 6.45) is 1.76. The van der Waals surface area contributed by atoms with Gasteiger partial charge in [-0.2, -0.15) is 0 Å². The molecule has 0 aromatic heterocycles. The van der Waals surface area contributed by atoms with Crippen molar-refractivity contribution in [2.45, 2.75) is 52.7 Å². The highest BCUT2D eigenvalue weighted by Gasteiger charge is 2.28. The topological polar surface area (TPSA) is 75.9 Å². The molecule has 1 saturated heterocycles. The van der Waals surface area contributed by atoms with Crippen LogP contribution in [0, 0.1) is 10.1 Å². The Kier molecular flexibility index (Phi) is 6.97. The zero-order chi connectivity index (χ0) is 19.3. The number of carbonyl (C=O) groups is 1. The Hall–Kier alpha value is -2.15. The molecule has 1 aromatic carbocycles. The van der Waals surface area contributed by atoms with Crippen LogP contribution in [0.4, 0.5) is 11.4 Å². The van der Waals surface area contributed by atoms with Gasteiger partial charge in [0.15, 0.2) is 0 Å². The minimum Gasteiger partial charge on any atom is -0.372 e. The molecular formula is C19H29N3O4. The highest BCUT2D eigenvalue weighted by atomic mass is 16.6. The van der Waals surface area contributed by atoms with Crippen LogP contribution < -0.4 is 4.90 Å². The van der Waals surface area contributed by atoms with E-state index in [1.54, 1.807) is 6.07 Å². The lowest BCUT2D eigenvalue weighted by atomic mass is 10.1. The van der Waals surface area contributed by atoms with Crippen molar-refractivity contribution in [3.8, 4) is 0 Å². The monoisotopic (exact) mass is 363 g/mol. The fourth-order valence-electron chi connectivity index (χ4n) is 3.48. The number of anilines is 1. The summed E-state index contributed by atoms with van der Waals surface area (Å²) >= 11 is 0. The quantitative estimate of drug-likeness (QED) is 0.548. The van der Waals surface area contributed by atoms with Crippen molar-refractivity contribution in [3.63, 3.8) is 0 Å². The summed E-state index contributed by atoms with van der Waals surface area (Å²) in [5.41, 5.74) is 1.16. The summed E-state index contributed by atoms with van der Waals surface area (Å²) in [5, 5.41) is 11.3. The Morgan fingerprint density at radius 3 is 2.31 bits per heavy atom. The highest BCUT2D eigenvalue weighted by Crippen LogP contribution is 2.30. The molecule has 144 valence electrons. The Balaban J connectivity index is 2.44. The van der Waals surface area contributed by atoms with Gasteiger partial charge in [-0.1, -0.05) is 13.8 Å². The first kappa shape index (κ1) is 20.2. The third-order valence-electron chi connectivity index (χ3n) is 4.46. The summed E-state index contributed by atoms with van der Waals surface area (Å²) < 4.78 is 5.77. The number of non-ortho nitro benzene ring substituents is 1. The summed E-state index contributed by atoms with van der Waals surface area (Å²) in [4.78, 5) is 27.8. The second-order valence-corrected chi connectivity index (χ2v) is 6.91. The number of nitrogens with zero attached hydrogens (tertiary/aromatic N) is 3. The maximum Gasteiger partial charge on any atom is 0.271 e.